The van der Waals surface area contributed by atoms with Crippen LogP contribution in [0.3, 0.4) is 0 Å². The van der Waals surface area contributed by atoms with E-state index >= 15 is 0 Å². The molecule has 2 aromatic carbocycles. The number of para-hydroxylation sites is 1. The lowest BCUT2D eigenvalue weighted by atomic mass is 10.1. The third-order valence-corrected chi connectivity index (χ3v) is 4.98. The van der Waals surface area contributed by atoms with Crippen LogP contribution >= 0.6 is 11.6 Å². The number of carbonyl (C=O) groups excluding carboxylic acids is 1. The summed E-state index contributed by atoms with van der Waals surface area (Å²) in [6.07, 6.45) is -5.79. The molecule has 0 saturated carbocycles. The molecular formula is C21H17ClF5N3O3. The van der Waals surface area contributed by atoms with Gasteiger partial charge in [-0.2, -0.15) is 13.2 Å². The molecule has 0 bridgehead atoms. The van der Waals surface area contributed by atoms with Crippen molar-refractivity contribution in [2.24, 2.45) is 7.05 Å². The lowest BCUT2D eigenvalue weighted by Gasteiger charge is -2.20. The molecule has 1 amide bonds. The first-order valence-electron chi connectivity index (χ1n) is 9.38. The number of nitrogens with zero attached hydrogens (tertiary/aromatic N) is 2. The normalized spacial score (nSPS) is 12.5. The minimum absolute atomic E-state index is 0.00679. The quantitative estimate of drug-likeness (QED) is 0.473. The van der Waals surface area contributed by atoms with E-state index in [1.54, 1.807) is 0 Å². The number of benzene rings is 2. The number of hydrogen-bond donors (Lipinski definition) is 2. The molecular weight excluding hydrogens is 473 g/mol. The maximum atomic E-state index is 14.9. The summed E-state index contributed by atoms with van der Waals surface area (Å²) in [7, 11) is 1.53. The van der Waals surface area contributed by atoms with Crippen molar-refractivity contribution in [1.82, 2.24) is 9.55 Å². The van der Waals surface area contributed by atoms with Crippen LogP contribution in [0.4, 0.5) is 27.6 Å². The van der Waals surface area contributed by atoms with Gasteiger partial charge in [-0.1, -0.05) is 17.7 Å². The van der Waals surface area contributed by atoms with E-state index in [-0.39, 0.29) is 22.1 Å². The van der Waals surface area contributed by atoms with Gasteiger partial charge in [-0.15, -0.1) is 0 Å². The van der Waals surface area contributed by atoms with E-state index < -0.39 is 53.4 Å². The molecule has 0 aliphatic heterocycles. The fourth-order valence-electron chi connectivity index (χ4n) is 2.86. The summed E-state index contributed by atoms with van der Waals surface area (Å²) in [6.45, 7) is 0.250. The number of imidazole rings is 1. The monoisotopic (exact) mass is 489 g/mol. The molecule has 33 heavy (non-hydrogen) atoms. The van der Waals surface area contributed by atoms with E-state index in [9.17, 15) is 31.9 Å². The summed E-state index contributed by atoms with van der Waals surface area (Å²) < 4.78 is 74.7. The van der Waals surface area contributed by atoms with Gasteiger partial charge in [0.1, 0.15) is 29.8 Å². The Labute approximate surface area is 189 Å². The second kappa shape index (κ2) is 9.36. The van der Waals surface area contributed by atoms with Crippen LogP contribution in [0.2, 0.25) is 5.02 Å². The Balaban J connectivity index is 2.09. The zero-order chi connectivity index (χ0) is 24.5. The van der Waals surface area contributed by atoms with Gasteiger partial charge in [0.25, 0.3) is 5.91 Å². The van der Waals surface area contributed by atoms with Crippen molar-refractivity contribution in [2.45, 2.75) is 25.8 Å². The Morgan fingerprint density at radius 1 is 1.27 bits per heavy atom. The number of amides is 1. The molecule has 0 unspecified atom stereocenters. The lowest BCUT2D eigenvalue weighted by Crippen LogP contribution is -2.32. The molecule has 0 aliphatic rings. The first-order valence-corrected chi connectivity index (χ1v) is 9.76. The number of carbonyl (C=O) groups is 1. The van der Waals surface area contributed by atoms with Crippen LogP contribution in [0.25, 0.3) is 11.3 Å². The molecule has 6 nitrogen and oxygen atoms in total. The van der Waals surface area contributed by atoms with Crippen molar-refractivity contribution in [3.05, 3.63) is 64.6 Å². The average Bonchev–Trinajstić information content (AvgIpc) is 3.11. The first kappa shape index (κ1) is 24.5. The van der Waals surface area contributed by atoms with Crippen LogP contribution in [0, 0.1) is 11.6 Å². The minimum atomic E-state index is -4.79. The topological polar surface area (TPSA) is 76.4 Å². The van der Waals surface area contributed by atoms with Crippen molar-refractivity contribution in [3.63, 3.8) is 0 Å². The Bertz CT molecular complexity index is 1180. The summed E-state index contributed by atoms with van der Waals surface area (Å²) in [5.74, 6) is -3.49. The van der Waals surface area contributed by atoms with Crippen LogP contribution in [-0.2, 0) is 13.7 Å². The van der Waals surface area contributed by atoms with Gasteiger partial charge in [0, 0.05) is 18.8 Å². The van der Waals surface area contributed by atoms with Gasteiger partial charge in [-0.05, 0) is 31.2 Å². The zero-order valence-corrected chi connectivity index (χ0v) is 17.9. The number of aryl methyl sites for hydroxylation is 1. The number of alkyl halides is 3. The molecule has 12 heteroatoms. The number of nitrogens with one attached hydrogen (secondary N) is 1. The molecule has 1 aromatic heterocycles. The van der Waals surface area contributed by atoms with E-state index in [4.69, 9.17) is 16.3 Å². The molecule has 0 aliphatic carbocycles. The lowest BCUT2D eigenvalue weighted by molar-refractivity contribution is -0.189. The molecule has 0 radical (unpaired) electrons. The van der Waals surface area contributed by atoms with E-state index in [1.165, 1.54) is 29.9 Å². The van der Waals surface area contributed by atoms with E-state index in [0.29, 0.717) is 13.0 Å². The summed E-state index contributed by atoms with van der Waals surface area (Å²) in [6, 6.07) is 5.12. The molecule has 1 atom stereocenters. The highest BCUT2D eigenvalue weighted by molar-refractivity contribution is 6.34. The highest BCUT2D eigenvalue weighted by atomic mass is 35.5. The predicted molar refractivity (Wildman–Crippen MR) is 110 cm³/mol. The minimum Gasteiger partial charge on any atom is -0.480 e. The maximum Gasteiger partial charge on any atom is 0.425 e. The Morgan fingerprint density at radius 3 is 2.55 bits per heavy atom. The molecule has 0 saturated heterocycles. The average molecular weight is 490 g/mol. The number of halogens is 6. The third-order valence-electron chi connectivity index (χ3n) is 4.67. The van der Waals surface area contributed by atoms with Crippen LogP contribution in [0.15, 0.2) is 36.5 Å². The van der Waals surface area contributed by atoms with Crippen molar-refractivity contribution < 1.29 is 36.6 Å². The van der Waals surface area contributed by atoms with E-state index in [0.717, 1.165) is 12.1 Å². The first-order chi connectivity index (χ1) is 15.4. The van der Waals surface area contributed by atoms with Crippen LogP contribution in [0.5, 0.6) is 5.75 Å². The number of anilines is 1. The van der Waals surface area contributed by atoms with Gasteiger partial charge >= 0.3 is 6.18 Å². The Morgan fingerprint density at radius 2 is 1.97 bits per heavy atom. The molecule has 176 valence electrons. The number of hydrogen-bond acceptors (Lipinski definition) is 4. The molecule has 3 aromatic rings. The van der Waals surface area contributed by atoms with Crippen molar-refractivity contribution in [2.75, 3.05) is 5.32 Å². The molecule has 2 N–H and O–H groups in total. The van der Waals surface area contributed by atoms with Gasteiger partial charge in [0.05, 0.1) is 22.0 Å². The van der Waals surface area contributed by atoms with Crippen molar-refractivity contribution in [1.29, 1.82) is 0 Å². The summed E-state index contributed by atoms with van der Waals surface area (Å²) in [4.78, 5) is 16.8. The van der Waals surface area contributed by atoms with Gasteiger partial charge in [0.2, 0.25) is 0 Å². The highest BCUT2D eigenvalue weighted by Gasteiger charge is 2.39. The predicted octanol–water partition coefficient (Wildman–Crippen LogP) is 5.09. The van der Waals surface area contributed by atoms with Gasteiger partial charge < -0.3 is 19.7 Å². The fourth-order valence-corrected chi connectivity index (χ4v) is 3.07. The van der Waals surface area contributed by atoms with Crippen molar-refractivity contribution >= 4 is 23.2 Å². The molecule has 0 fully saturated rings. The van der Waals surface area contributed by atoms with E-state index in [1.807, 2.05) is 0 Å². The largest absolute Gasteiger partial charge is 0.480 e. The third kappa shape index (κ3) is 5.25. The smallest absolute Gasteiger partial charge is 0.425 e. The van der Waals surface area contributed by atoms with Gasteiger partial charge in [-0.25, -0.2) is 13.8 Å². The summed E-state index contributed by atoms with van der Waals surface area (Å²) in [5.41, 5.74) is -1.33. The second-order valence-electron chi connectivity index (χ2n) is 6.99. The maximum absolute atomic E-state index is 14.9. The number of aliphatic hydroxyl groups excluding tert-OH is 1. The number of ether oxygens (including phenoxy) is 1. The Kier molecular flexibility index (Phi) is 6.94. The van der Waals surface area contributed by atoms with Gasteiger partial charge in [0.15, 0.2) is 6.10 Å². The summed E-state index contributed by atoms with van der Waals surface area (Å²) >= 11 is 5.87. The van der Waals surface area contributed by atoms with E-state index in [2.05, 4.69) is 10.3 Å². The zero-order valence-electron chi connectivity index (χ0n) is 17.2. The molecule has 3 rings (SSSR count). The number of aromatic nitrogens is 2. The molecule has 1 heterocycles. The standard InChI is InChI=1S/C21H17ClF5N3O3/c1-10(21(25,26)27)33-17-7-11(16-8-30(2)18(9-31)28-16)15(24)6-12(17)20(32)29-19-13(22)4-3-5-14(19)23/h3-8,10,31H,9H2,1-2H3,(H,29,32)/t10-/m0/s1. The van der Waals surface area contributed by atoms with Gasteiger partial charge in [-0.3, -0.25) is 4.79 Å². The summed E-state index contributed by atoms with van der Waals surface area (Å²) in [5, 5.41) is 11.3. The van der Waals surface area contributed by atoms with Crippen molar-refractivity contribution in [3.8, 4) is 17.0 Å². The second-order valence-corrected chi connectivity index (χ2v) is 7.40. The highest BCUT2D eigenvalue weighted by Crippen LogP contribution is 2.34. The van der Waals surface area contributed by atoms with Crippen LogP contribution in [-0.4, -0.2) is 32.8 Å². The number of rotatable bonds is 6. The Hall–Kier alpha value is -3.18. The SMILES string of the molecule is C[C@H](Oc1cc(-c2cn(C)c(CO)n2)c(F)cc1C(=O)Nc1c(F)cccc1Cl)C(F)(F)F. The fraction of sp³-hybridized carbons (Fsp3) is 0.238. The van der Waals surface area contributed by atoms with Crippen LogP contribution < -0.4 is 10.1 Å². The number of aliphatic hydroxyl groups is 1. The molecule has 0 spiro atoms. The van der Waals surface area contributed by atoms with Crippen LogP contribution in [0.1, 0.15) is 23.1 Å².